The molecule has 1 heterocycles. The third kappa shape index (κ3) is 4.21. The summed E-state index contributed by atoms with van der Waals surface area (Å²) in [5.74, 6) is 0.466. The molecule has 1 aromatic carbocycles. The van der Waals surface area contributed by atoms with Gasteiger partial charge in [-0.1, -0.05) is 56.9 Å². The van der Waals surface area contributed by atoms with Crippen LogP contribution in [0.2, 0.25) is 0 Å². The number of methoxy groups -OCH3 is 1. The van der Waals surface area contributed by atoms with Crippen molar-refractivity contribution < 1.29 is 19.4 Å². The predicted molar refractivity (Wildman–Crippen MR) is 111 cm³/mol. The Morgan fingerprint density at radius 2 is 1.93 bits per heavy atom. The molecule has 2 aromatic rings. The molecule has 1 aliphatic rings. The first-order valence-electron chi connectivity index (χ1n) is 10.5. The number of unbranched alkanes of at least 4 members (excludes halogenated alkanes) is 1. The van der Waals surface area contributed by atoms with Crippen molar-refractivity contribution >= 4 is 12.3 Å². The summed E-state index contributed by atoms with van der Waals surface area (Å²) in [6.45, 7) is 2.62. The summed E-state index contributed by atoms with van der Waals surface area (Å²) in [5, 5.41) is 9.90. The molecule has 1 aromatic heterocycles. The monoisotopic (exact) mass is 398 g/mol. The maximum Gasteiger partial charge on any atom is 0.314 e. The van der Waals surface area contributed by atoms with Crippen LogP contribution < -0.4 is 4.74 Å². The first-order valence-corrected chi connectivity index (χ1v) is 10.5. The Morgan fingerprint density at radius 3 is 2.48 bits per heavy atom. The van der Waals surface area contributed by atoms with Crippen LogP contribution in [-0.2, 0) is 23.2 Å². The number of rotatable bonds is 9. The van der Waals surface area contributed by atoms with Gasteiger partial charge in [-0.25, -0.2) is 0 Å². The van der Waals surface area contributed by atoms with Gasteiger partial charge in [0, 0.05) is 13.0 Å². The molecule has 0 spiro atoms. The number of carbonyl (C=O) groups is 2. The molecule has 1 saturated carbocycles. The molecule has 0 bridgehead atoms. The highest BCUT2D eigenvalue weighted by Crippen LogP contribution is 2.39. The maximum atomic E-state index is 12.1. The molecule has 0 atom stereocenters. The predicted octanol–water partition coefficient (Wildman–Crippen LogP) is 4.38. The number of carboxylic acid groups (broad SMARTS) is 1. The van der Waals surface area contributed by atoms with Gasteiger partial charge in [0.2, 0.25) is 5.88 Å². The number of carbonyl (C=O) groups excluding carboxylic acids is 1. The summed E-state index contributed by atoms with van der Waals surface area (Å²) in [5.41, 5.74) is 1.55. The van der Waals surface area contributed by atoms with Crippen molar-refractivity contribution in [2.24, 2.45) is 0 Å². The lowest BCUT2D eigenvalue weighted by Gasteiger charge is -2.33. The van der Waals surface area contributed by atoms with Crippen LogP contribution in [0.1, 0.15) is 79.3 Å². The van der Waals surface area contributed by atoms with Crippen LogP contribution in [0, 0.1) is 0 Å². The van der Waals surface area contributed by atoms with Gasteiger partial charge in [-0.2, -0.15) is 4.98 Å². The molecule has 0 radical (unpaired) electrons. The second-order valence-corrected chi connectivity index (χ2v) is 7.87. The van der Waals surface area contributed by atoms with Gasteiger partial charge in [0.15, 0.2) is 6.29 Å². The highest BCUT2D eigenvalue weighted by atomic mass is 16.5. The summed E-state index contributed by atoms with van der Waals surface area (Å²) in [6.07, 6.45) is 7.98. The number of aliphatic carboxylic acids is 1. The molecule has 1 N–H and O–H groups in total. The number of aromatic nitrogens is 2. The number of benzene rings is 1. The van der Waals surface area contributed by atoms with Crippen LogP contribution in [0.25, 0.3) is 0 Å². The molecule has 0 amide bonds. The van der Waals surface area contributed by atoms with E-state index in [9.17, 15) is 14.7 Å². The van der Waals surface area contributed by atoms with Crippen molar-refractivity contribution in [3.05, 3.63) is 46.9 Å². The number of aryl methyl sites for hydroxylation is 1. The Kier molecular flexibility index (Phi) is 6.72. The minimum absolute atomic E-state index is 0.356. The van der Waals surface area contributed by atoms with Crippen LogP contribution in [0.4, 0.5) is 0 Å². The SMILES string of the molecule is CCCCc1nc(OC)c(C=O)n1Cc1ccc(C2(C(=O)O)CCCCC2)cc1. The van der Waals surface area contributed by atoms with Crippen LogP contribution in [0.15, 0.2) is 24.3 Å². The van der Waals surface area contributed by atoms with E-state index in [4.69, 9.17) is 4.74 Å². The van der Waals surface area contributed by atoms with Gasteiger partial charge in [0.1, 0.15) is 11.5 Å². The number of carboxylic acids is 1. The molecule has 0 unspecified atom stereocenters. The molecule has 1 fully saturated rings. The van der Waals surface area contributed by atoms with Crippen molar-refractivity contribution in [3.8, 4) is 5.88 Å². The van der Waals surface area contributed by atoms with E-state index in [0.29, 0.717) is 31.0 Å². The van der Waals surface area contributed by atoms with Crippen molar-refractivity contribution in [3.63, 3.8) is 0 Å². The highest BCUT2D eigenvalue weighted by Gasteiger charge is 2.41. The molecule has 3 rings (SSSR count). The Balaban J connectivity index is 1.89. The molecular weight excluding hydrogens is 368 g/mol. The molecule has 156 valence electrons. The van der Waals surface area contributed by atoms with E-state index in [0.717, 1.165) is 61.8 Å². The summed E-state index contributed by atoms with van der Waals surface area (Å²) in [7, 11) is 1.52. The maximum absolute atomic E-state index is 12.1. The average molecular weight is 399 g/mol. The summed E-state index contributed by atoms with van der Waals surface area (Å²) >= 11 is 0. The van der Waals surface area contributed by atoms with Crippen LogP contribution in [0.5, 0.6) is 5.88 Å². The molecule has 0 aliphatic heterocycles. The summed E-state index contributed by atoms with van der Waals surface area (Å²) in [4.78, 5) is 28.2. The Morgan fingerprint density at radius 1 is 1.24 bits per heavy atom. The zero-order valence-corrected chi connectivity index (χ0v) is 17.3. The van der Waals surface area contributed by atoms with Crippen molar-refractivity contribution in [2.45, 2.75) is 70.3 Å². The normalized spacial score (nSPS) is 15.8. The molecular formula is C23H30N2O4. The minimum atomic E-state index is -0.769. The fourth-order valence-corrected chi connectivity index (χ4v) is 4.35. The number of aldehydes is 1. The quantitative estimate of drug-likeness (QED) is 0.634. The van der Waals surface area contributed by atoms with Gasteiger partial charge < -0.3 is 14.4 Å². The van der Waals surface area contributed by atoms with Crippen LogP contribution >= 0.6 is 0 Å². The number of hydrogen-bond donors (Lipinski definition) is 1. The minimum Gasteiger partial charge on any atom is -0.481 e. The lowest BCUT2D eigenvalue weighted by atomic mass is 9.69. The number of hydrogen-bond acceptors (Lipinski definition) is 4. The largest absolute Gasteiger partial charge is 0.481 e. The molecule has 6 nitrogen and oxygen atoms in total. The zero-order valence-electron chi connectivity index (χ0n) is 17.3. The second-order valence-electron chi connectivity index (χ2n) is 7.87. The van der Waals surface area contributed by atoms with E-state index in [1.54, 1.807) is 0 Å². The van der Waals surface area contributed by atoms with E-state index < -0.39 is 11.4 Å². The van der Waals surface area contributed by atoms with Gasteiger partial charge in [0.05, 0.1) is 12.5 Å². The lowest BCUT2D eigenvalue weighted by Crippen LogP contribution is -2.37. The van der Waals surface area contributed by atoms with Crippen molar-refractivity contribution in [1.82, 2.24) is 9.55 Å². The second kappa shape index (κ2) is 9.25. The highest BCUT2D eigenvalue weighted by molar-refractivity contribution is 5.81. The van der Waals surface area contributed by atoms with E-state index in [1.165, 1.54) is 7.11 Å². The number of imidazole rings is 1. The fourth-order valence-electron chi connectivity index (χ4n) is 4.35. The third-order valence-corrected chi connectivity index (χ3v) is 6.07. The van der Waals surface area contributed by atoms with E-state index >= 15 is 0 Å². The van der Waals surface area contributed by atoms with Crippen LogP contribution in [0.3, 0.4) is 0 Å². The third-order valence-electron chi connectivity index (χ3n) is 6.07. The summed E-state index contributed by atoms with van der Waals surface area (Å²) in [6, 6.07) is 7.82. The zero-order chi connectivity index (χ0) is 20.9. The molecule has 0 saturated heterocycles. The smallest absolute Gasteiger partial charge is 0.314 e. The van der Waals surface area contributed by atoms with E-state index in [-0.39, 0.29) is 0 Å². The van der Waals surface area contributed by atoms with Gasteiger partial charge in [0.25, 0.3) is 0 Å². The standard InChI is InChI=1S/C23H30N2O4/c1-3-4-8-20-24-21(29-2)19(16-26)25(20)15-17-9-11-18(12-10-17)23(22(27)28)13-6-5-7-14-23/h9-12,16H,3-8,13-15H2,1-2H3,(H,27,28). The van der Waals surface area contributed by atoms with Crippen molar-refractivity contribution in [2.75, 3.05) is 7.11 Å². The first kappa shape index (κ1) is 21.1. The Labute approximate surface area is 171 Å². The number of ether oxygens (including phenoxy) is 1. The first-order chi connectivity index (χ1) is 14.1. The van der Waals surface area contributed by atoms with Gasteiger partial charge in [-0.15, -0.1) is 0 Å². The van der Waals surface area contributed by atoms with Gasteiger partial charge in [-0.3, -0.25) is 9.59 Å². The van der Waals surface area contributed by atoms with Crippen LogP contribution in [-0.4, -0.2) is 34.0 Å². The molecule has 1 aliphatic carbocycles. The summed E-state index contributed by atoms with van der Waals surface area (Å²) < 4.78 is 7.19. The molecule has 29 heavy (non-hydrogen) atoms. The Bertz CT molecular complexity index is 849. The topological polar surface area (TPSA) is 81.4 Å². The average Bonchev–Trinajstić information content (AvgIpc) is 3.09. The number of nitrogens with zero attached hydrogens (tertiary/aromatic N) is 2. The van der Waals surface area contributed by atoms with Gasteiger partial charge in [-0.05, 0) is 30.4 Å². The lowest BCUT2D eigenvalue weighted by molar-refractivity contribution is -0.145. The van der Waals surface area contributed by atoms with Crippen molar-refractivity contribution in [1.29, 1.82) is 0 Å². The fraction of sp³-hybridized carbons (Fsp3) is 0.522. The van der Waals surface area contributed by atoms with Gasteiger partial charge >= 0.3 is 5.97 Å². The Hall–Kier alpha value is -2.63. The van der Waals surface area contributed by atoms with E-state index in [2.05, 4.69) is 11.9 Å². The van der Waals surface area contributed by atoms with E-state index in [1.807, 2.05) is 28.8 Å². The molecule has 6 heteroatoms.